The molecule has 0 heterocycles. The van der Waals surface area contributed by atoms with Crippen molar-refractivity contribution in [2.45, 2.75) is 71.9 Å². The molecule has 2 nitrogen and oxygen atoms in total. The van der Waals surface area contributed by atoms with Crippen LogP contribution in [0.2, 0.25) is 0 Å². The van der Waals surface area contributed by atoms with Crippen LogP contribution in [0, 0.1) is 5.92 Å². The number of hydrogen-bond donors (Lipinski definition) is 1. The summed E-state index contributed by atoms with van der Waals surface area (Å²) >= 11 is 0. The Labute approximate surface area is 166 Å². The Morgan fingerprint density at radius 1 is 0.741 bits per heavy atom. The van der Waals surface area contributed by atoms with Gasteiger partial charge in [0.2, 0.25) is 0 Å². The van der Waals surface area contributed by atoms with E-state index in [1.54, 1.807) is 0 Å². The zero-order valence-corrected chi connectivity index (χ0v) is 17.7. The van der Waals surface area contributed by atoms with Crippen LogP contribution in [0.4, 0.5) is 0 Å². The van der Waals surface area contributed by atoms with E-state index in [-0.39, 0.29) is 6.10 Å². The van der Waals surface area contributed by atoms with Crippen molar-refractivity contribution in [3.63, 3.8) is 0 Å². The van der Waals surface area contributed by atoms with Gasteiger partial charge >= 0.3 is 0 Å². The van der Waals surface area contributed by atoms with Crippen LogP contribution in [0.5, 0.6) is 5.75 Å². The first-order valence-electron chi connectivity index (χ1n) is 10.5. The van der Waals surface area contributed by atoms with Crippen LogP contribution in [0.25, 0.3) is 0 Å². The van der Waals surface area contributed by atoms with Gasteiger partial charge in [-0.1, -0.05) is 62.7 Å². The molecule has 148 valence electrons. The summed E-state index contributed by atoms with van der Waals surface area (Å²) in [5, 5.41) is 3.70. The number of nitrogens with one attached hydrogen (secondary N) is 1. The van der Waals surface area contributed by atoms with Gasteiger partial charge in [0, 0.05) is 6.04 Å². The van der Waals surface area contributed by atoms with Crippen molar-refractivity contribution in [3.8, 4) is 5.75 Å². The van der Waals surface area contributed by atoms with Crippen molar-refractivity contribution in [2.24, 2.45) is 5.92 Å². The van der Waals surface area contributed by atoms with Gasteiger partial charge in [-0.25, -0.2) is 0 Å². The van der Waals surface area contributed by atoms with Gasteiger partial charge in [0.15, 0.2) is 0 Å². The van der Waals surface area contributed by atoms with Crippen molar-refractivity contribution in [2.75, 3.05) is 6.54 Å². The molecule has 2 atom stereocenters. The predicted octanol–water partition coefficient (Wildman–Crippen LogP) is 6.73. The van der Waals surface area contributed by atoms with Gasteiger partial charge in [-0.2, -0.15) is 0 Å². The van der Waals surface area contributed by atoms with Crippen LogP contribution in [0.15, 0.2) is 54.6 Å². The molecule has 2 aromatic rings. The molecule has 0 unspecified atom stereocenters. The third-order valence-electron chi connectivity index (χ3n) is 5.06. The second-order valence-electron chi connectivity index (χ2n) is 8.28. The number of rotatable bonds is 11. The zero-order chi connectivity index (χ0) is 19.6. The maximum atomic E-state index is 5.80. The fraction of sp³-hybridized carbons (Fsp3) is 0.520. The van der Waals surface area contributed by atoms with Crippen LogP contribution in [-0.2, 0) is 0 Å². The largest absolute Gasteiger partial charge is 0.491 e. The van der Waals surface area contributed by atoms with E-state index in [2.05, 4.69) is 94.5 Å². The standard InChI is InChI=1S/C25H37NO/c1-19(2)11-12-24(23-13-15-25(16-14-23)27-20(3)4)17-18-26-21(5)22-9-7-6-8-10-22/h6-10,13-16,19-21,24,26H,11-12,17-18H2,1-5H3/t21-,24-/m1/s1. The normalized spacial score (nSPS) is 13.7. The summed E-state index contributed by atoms with van der Waals surface area (Å²) in [5.74, 6) is 2.30. The van der Waals surface area contributed by atoms with Crippen LogP contribution in [-0.4, -0.2) is 12.6 Å². The topological polar surface area (TPSA) is 21.3 Å². The monoisotopic (exact) mass is 367 g/mol. The van der Waals surface area contributed by atoms with Crippen LogP contribution >= 0.6 is 0 Å². The molecule has 0 aromatic heterocycles. The van der Waals surface area contributed by atoms with Crippen molar-refractivity contribution >= 4 is 0 Å². The van der Waals surface area contributed by atoms with Gasteiger partial charge in [-0.15, -0.1) is 0 Å². The number of ether oxygens (including phenoxy) is 1. The Hall–Kier alpha value is -1.80. The SMILES string of the molecule is CC(C)CC[C@H](CCN[C@H](C)c1ccccc1)c1ccc(OC(C)C)cc1. The lowest BCUT2D eigenvalue weighted by Crippen LogP contribution is -2.21. The van der Waals surface area contributed by atoms with Crippen molar-refractivity contribution < 1.29 is 4.74 Å². The third kappa shape index (κ3) is 7.76. The molecular formula is C25H37NO. The Bertz CT molecular complexity index is 633. The van der Waals surface area contributed by atoms with Crippen molar-refractivity contribution in [1.29, 1.82) is 0 Å². The van der Waals surface area contributed by atoms with E-state index in [4.69, 9.17) is 4.74 Å². The van der Waals surface area contributed by atoms with Crippen molar-refractivity contribution in [1.82, 2.24) is 5.32 Å². The summed E-state index contributed by atoms with van der Waals surface area (Å²) in [6, 6.07) is 19.8. The Morgan fingerprint density at radius 3 is 2.00 bits per heavy atom. The Morgan fingerprint density at radius 2 is 1.41 bits per heavy atom. The minimum Gasteiger partial charge on any atom is -0.491 e. The molecule has 2 aromatic carbocycles. The highest BCUT2D eigenvalue weighted by Gasteiger charge is 2.14. The summed E-state index contributed by atoms with van der Waals surface area (Å²) in [4.78, 5) is 0. The van der Waals surface area contributed by atoms with E-state index in [0.29, 0.717) is 12.0 Å². The second-order valence-corrected chi connectivity index (χ2v) is 8.28. The van der Waals surface area contributed by atoms with E-state index >= 15 is 0 Å². The minimum atomic E-state index is 0.219. The van der Waals surface area contributed by atoms with E-state index < -0.39 is 0 Å². The lowest BCUT2D eigenvalue weighted by Gasteiger charge is -2.21. The molecule has 0 radical (unpaired) electrons. The maximum Gasteiger partial charge on any atom is 0.119 e. The van der Waals surface area contributed by atoms with E-state index in [9.17, 15) is 0 Å². The predicted molar refractivity (Wildman–Crippen MR) is 116 cm³/mol. The van der Waals surface area contributed by atoms with Crippen LogP contribution < -0.4 is 10.1 Å². The van der Waals surface area contributed by atoms with Gasteiger partial charge in [0.1, 0.15) is 5.75 Å². The van der Waals surface area contributed by atoms with Gasteiger partial charge in [-0.05, 0) is 75.3 Å². The lowest BCUT2D eigenvalue weighted by molar-refractivity contribution is 0.242. The first kappa shape index (κ1) is 21.5. The highest BCUT2D eigenvalue weighted by atomic mass is 16.5. The van der Waals surface area contributed by atoms with Gasteiger partial charge in [-0.3, -0.25) is 0 Å². The third-order valence-corrected chi connectivity index (χ3v) is 5.06. The Balaban J connectivity index is 1.95. The van der Waals surface area contributed by atoms with Crippen LogP contribution in [0.1, 0.15) is 77.0 Å². The molecular weight excluding hydrogens is 330 g/mol. The molecule has 0 amide bonds. The minimum absolute atomic E-state index is 0.219. The smallest absolute Gasteiger partial charge is 0.119 e. The summed E-state index contributed by atoms with van der Waals surface area (Å²) in [6.45, 7) is 12.0. The molecule has 0 aliphatic heterocycles. The summed E-state index contributed by atoms with van der Waals surface area (Å²) in [6.07, 6.45) is 3.89. The second kappa shape index (κ2) is 11.1. The van der Waals surface area contributed by atoms with Gasteiger partial charge in [0.05, 0.1) is 6.10 Å². The molecule has 0 saturated carbocycles. The Kier molecular flexibility index (Phi) is 8.87. The highest BCUT2D eigenvalue weighted by Crippen LogP contribution is 2.28. The fourth-order valence-electron chi connectivity index (χ4n) is 3.44. The number of benzene rings is 2. The molecule has 0 aliphatic carbocycles. The zero-order valence-electron chi connectivity index (χ0n) is 17.7. The molecule has 2 rings (SSSR count). The average Bonchev–Trinajstić information content (AvgIpc) is 2.65. The summed E-state index contributed by atoms with van der Waals surface area (Å²) in [5.41, 5.74) is 2.78. The average molecular weight is 368 g/mol. The van der Waals surface area contributed by atoms with Gasteiger partial charge in [0.25, 0.3) is 0 Å². The molecule has 1 N–H and O–H groups in total. The number of hydrogen-bond acceptors (Lipinski definition) is 2. The maximum absolute atomic E-state index is 5.80. The fourth-order valence-corrected chi connectivity index (χ4v) is 3.44. The van der Waals surface area contributed by atoms with Crippen molar-refractivity contribution in [3.05, 3.63) is 65.7 Å². The van der Waals surface area contributed by atoms with E-state index in [1.165, 1.54) is 24.0 Å². The van der Waals surface area contributed by atoms with Gasteiger partial charge < -0.3 is 10.1 Å². The van der Waals surface area contributed by atoms with E-state index in [0.717, 1.165) is 24.6 Å². The molecule has 27 heavy (non-hydrogen) atoms. The quantitative estimate of drug-likeness (QED) is 0.475. The first-order chi connectivity index (χ1) is 13.0. The molecule has 0 aliphatic rings. The van der Waals surface area contributed by atoms with E-state index in [1.807, 2.05) is 0 Å². The summed E-state index contributed by atoms with van der Waals surface area (Å²) < 4.78 is 5.80. The molecule has 0 bridgehead atoms. The summed E-state index contributed by atoms with van der Waals surface area (Å²) in [7, 11) is 0. The first-order valence-corrected chi connectivity index (χ1v) is 10.5. The molecule has 0 spiro atoms. The van der Waals surface area contributed by atoms with Crippen LogP contribution in [0.3, 0.4) is 0 Å². The molecule has 0 saturated heterocycles. The molecule has 2 heteroatoms. The lowest BCUT2D eigenvalue weighted by atomic mass is 9.88. The highest BCUT2D eigenvalue weighted by molar-refractivity contribution is 5.29. The molecule has 0 fully saturated rings.